The average molecular weight is 473 g/mol. The summed E-state index contributed by atoms with van der Waals surface area (Å²) in [5, 5.41) is 12.6. The van der Waals surface area contributed by atoms with E-state index in [1.165, 1.54) is 30.4 Å². The number of allylic oxidation sites excluding steroid dienone is 1. The number of thioether (sulfide) groups is 2. The number of rotatable bonds is 9. The maximum atomic E-state index is 12.8. The Balaban J connectivity index is 1.77. The van der Waals surface area contributed by atoms with Gasteiger partial charge in [0.2, 0.25) is 5.91 Å². The van der Waals surface area contributed by atoms with E-state index in [0.717, 1.165) is 10.5 Å². The molecule has 3 aromatic rings. The van der Waals surface area contributed by atoms with Crippen molar-refractivity contribution < 1.29 is 9.59 Å². The summed E-state index contributed by atoms with van der Waals surface area (Å²) in [6.07, 6.45) is 3.67. The van der Waals surface area contributed by atoms with Gasteiger partial charge in [-0.2, -0.15) is 0 Å². The molecule has 1 amide bonds. The minimum Gasteiger partial charge on any atom is -0.325 e. The van der Waals surface area contributed by atoms with Crippen molar-refractivity contribution in [2.75, 3.05) is 17.3 Å². The van der Waals surface area contributed by atoms with Crippen LogP contribution in [0.25, 0.3) is 11.4 Å². The van der Waals surface area contributed by atoms with Crippen LogP contribution in [0, 0.1) is 0 Å². The quantitative estimate of drug-likeness (QED) is 0.254. The Labute approximate surface area is 194 Å². The molecular weight excluding hydrogens is 452 g/mol. The zero-order chi connectivity index (χ0) is 22.4. The lowest BCUT2D eigenvalue weighted by atomic mass is 10.1. The summed E-state index contributed by atoms with van der Waals surface area (Å²) in [5.41, 5.74) is 2.16. The first-order chi connectivity index (χ1) is 14.9. The molecule has 0 fully saturated rings. The number of halogens is 1. The maximum absolute atomic E-state index is 12.8. The maximum Gasteiger partial charge on any atom is 0.221 e. The van der Waals surface area contributed by atoms with Crippen molar-refractivity contribution in [3.63, 3.8) is 0 Å². The van der Waals surface area contributed by atoms with Gasteiger partial charge in [0.05, 0.1) is 11.4 Å². The number of aromatic nitrogens is 3. The van der Waals surface area contributed by atoms with Crippen molar-refractivity contribution in [1.82, 2.24) is 14.8 Å². The van der Waals surface area contributed by atoms with Crippen LogP contribution < -0.4 is 5.32 Å². The zero-order valence-electron chi connectivity index (χ0n) is 17.1. The smallest absolute Gasteiger partial charge is 0.221 e. The monoisotopic (exact) mass is 472 g/mol. The average Bonchev–Trinajstić information content (AvgIpc) is 3.15. The number of hydrogen-bond donors (Lipinski definition) is 1. The van der Waals surface area contributed by atoms with Crippen molar-refractivity contribution in [1.29, 1.82) is 0 Å². The van der Waals surface area contributed by atoms with Gasteiger partial charge in [-0.1, -0.05) is 29.4 Å². The lowest BCUT2D eigenvalue weighted by Crippen LogP contribution is -2.09. The molecule has 0 saturated carbocycles. The second-order valence-corrected chi connectivity index (χ2v) is 8.75. The normalized spacial score (nSPS) is 10.7. The number of anilines is 1. The predicted octanol–water partition coefficient (Wildman–Crippen LogP) is 5.44. The Kier molecular flexibility index (Phi) is 7.95. The van der Waals surface area contributed by atoms with Gasteiger partial charge >= 0.3 is 0 Å². The van der Waals surface area contributed by atoms with Crippen LogP contribution in [0.3, 0.4) is 0 Å². The van der Waals surface area contributed by atoms with Gasteiger partial charge in [-0.3, -0.25) is 14.2 Å². The Morgan fingerprint density at radius 1 is 1.19 bits per heavy atom. The summed E-state index contributed by atoms with van der Waals surface area (Å²) in [7, 11) is 0. The van der Waals surface area contributed by atoms with Crippen LogP contribution in [-0.4, -0.2) is 38.5 Å². The fourth-order valence-electron chi connectivity index (χ4n) is 2.87. The third-order valence-corrected chi connectivity index (χ3v) is 6.29. The fourth-order valence-corrected chi connectivity index (χ4v) is 4.42. The van der Waals surface area contributed by atoms with Gasteiger partial charge in [0, 0.05) is 34.5 Å². The molecule has 9 heteroatoms. The van der Waals surface area contributed by atoms with Crippen LogP contribution >= 0.6 is 35.1 Å². The molecule has 2 aromatic carbocycles. The molecule has 31 heavy (non-hydrogen) atoms. The molecule has 160 valence electrons. The topological polar surface area (TPSA) is 76.9 Å². The molecule has 0 aliphatic rings. The van der Waals surface area contributed by atoms with Gasteiger partial charge in [-0.15, -0.1) is 28.5 Å². The van der Waals surface area contributed by atoms with E-state index in [2.05, 4.69) is 22.1 Å². The molecule has 1 aromatic heterocycles. The highest BCUT2D eigenvalue weighted by Gasteiger charge is 2.16. The van der Waals surface area contributed by atoms with E-state index in [9.17, 15) is 9.59 Å². The van der Waals surface area contributed by atoms with Crippen LogP contribution in [0.15, 0.2) is 65.2 Å². The van der Waals surface area contributed by atoms with E-state index in [1.807, 2.05) is 23.0 Å². The lowest BCUT2D eigenvalue weighted by Gasteiger charge is -2.10. The van der Waals surface area contributed by atoms with Crippen LogP contribution in [0.5, 0.6) is 0 Å². The van der Waals surface area contributed by atoms with E-state index in [-0.39, 0.29) is 17.4 Å². The Hall–Kier alpha value is -2.55. The second kappa shape index (κ2) is 10.7. The van der Waals surface area contributed by atoms with E-state index in [4.69, 9.17) is 11.6 Å². The van der Waals surface area contributed by atoms with Crippen molar-refractivity contribution in [2.24, 2.45) is 0 Å². The van der Waals surface area contributed by atoms with Gasteiger partial charge in [0.1, 0.15) is 0 Å². The third-order valence-electron chi connectivity index (χ3n) is 4.30. The number of ketones is 1. The first-order valence-corrected chi connectivity index (χ1v) is 11.9. The molecule has 1 N–H and O–H groups in total. The summed E-state index contributed by atoms with van der Waals surface area (Å²) in [5.74, 6) is 0.720. The number of Topliss-reactive ketones (excluding diaryl/α,β-unsaturated/α-hetero) is 1. The van der Waals surface area contributed by atoms with Crippen LogP contribution in [0.4, 0.5) is 5.69 Å². The van der Waals surface area contributed by atoms with Crippen molar-refractivity contribution in [3.05, 3.63) is 65.7 Å². The highest BCUT2D eigenvalue weighted by molar-refractivity contribution is 7.99. The van der Waals surface area contributed by atoms with Crippen LogP contribution in [0.2, 0.25) is 5.02 Å². The van der Waals surface area contributed by atoms with Gasteiger partial charge in [0.15, 0.2) is 16.8 Å². The van der Waals surface area contributed by atoms with E-state index in [0.29, 0.717) is 33.8 Å². The first-order valence-electron chi connectivity index (χ1n) is 9.34. The number of amides is 1. The molecule has 0 spiro atoms. The highest BCUT2D eigenvalue weighted by atomic mass is 35.5. The second-order valence-electron chi connectivity index (χ2n) is 6.52. The Morgan fingerprint density at radius 3 is 2.58 bits per heavy atom. The summed E-state index contributed by atoms with van der Waals surface area (Å²) < 4.78 is 1.92. The lowest BCUT2D eigenvalue weighted by molar-refractivity contribution is -0.114. The Bertz CT molecular complexity index is 1110. The van der Waals surface area contributed by atoms with Crippen molar-refractivity contribution in [2.45, 2.75) is 23.5 Å². The molecule has 0 aliphatic carbocycles. The molecule has 0 unspecified atom stereocenters. The Morgan fingerprint density at radius 2 is 1.94 bits per heavy atom. The number of carbonyl (C=O) groups excluding carboxylic acids is 2. The molecule has 6 nitrogen and oxygen atoms in total. The molecule has 0 radical (unpaired) electrons. The molecular formula is C22H21ClN4O2S2. The predicted molar refractivity (Wildman–Crippen MR) is 128 cm³/mol. The van der Waals surface area contributed by atoms with E-state index in [1.54, 1.807) is 36.4 Å². The number of nitrogens with one attached hydrogen (secondary N) is 1. The summed E-state index contributed by atoms with van der Waals surface area (Å²) in [6, 6.07) is 12.6. The summed E-state index contributed by atoms with van der Waals surface area (Å²) >= 11 is 8.78. The van der Waals surface area contributed by atoms with Gasteiger partial charge in [0.25, 0.3) is 0 Å². The van der Waals surface area contributed by atoms with E-state index >= 15 is 0 Å². The minimum atomic E-state index is -0.150. The minimum absolute atomic E-state index is 0.0316. The largest absolute Gasteiger partial charge is 0.325 e. The molecule has 3 rings (SSSR count). The molecule has 0 aliphatic heterocycles. The van der Waals surface area contributed by atoms with Crippen molar-refractivity contribution >= 4 is 52.5 Å². The summed E-state index contributed by atoms with van der Waals surface area (Å²) in [6.45, 7) is 5.78. The summed E-state index contributed by atoms with van der Waals surface area (Å²) in [4.78, 5) is 25.0. The molecule has 0 saturated heterocycles. The first kappa shape index (κ1) is 23.1. The van der Waals surface area contributed by atoms with E-state index < -0.39 is 0 Å². The fraction of sp³-hybridized carbons (Fsp3) is 0.182. The van der Waals surface area contributed by atoms with Crippen LogP contribution in [-0.2, 0) is 11.3 Å². The highest BCUT2D eigenvalue weighted by Crippen LogP contribution is 2.29. The van der Waals surface area contributed by atoms with Gasteiger partial charge in [-0.25, -0.2) is 0 Å². The molecule has 1 heterocycles. The van der Waals surface area contributed by atoms with Gasteiger partial charge < -0.3 is 5.32 Å². The van der Waals surface area contributed by atoms with Gasteiger partial charge in [-0.05, 0) is 48.7 Å². The number of hydrogen-bond acceptors (Lipinski definition) is 6. The third kappa shape index (κ3) is 5.78. The number of benzene rings is 2. The standard InChI is InChI=1S/C22H21ClN4O2S2/c1-4-11-27-21(15-5-8-17(23)9-6-15)25-26-22(27)31-13-19(29)16-7-10-18(24-14(2)28)20(12-16)30-3/h4-10,12H,1,11,13H2,2-3H3,(H,24,28). The zero-order valence-corrected chi connectivity index (χ0v) is 19.5. The number of nitrogens with zero attached hydrogens (tertiary/aromatic N) is 3. The van der Waals surface area contributed by atoms with Crippen LogP contribution in [0.1, 0.15) is 17.3 Å². The van der Waals surface area contributed by atoms with Crippen molar-refractivity contribution in [3.8, 4) is 11.4 Å². The SMILES string of the molecule is C=CCn1c(SCC(=O)c2ccc(NC(C)=O)c(SC)c2)nnc1-c1ccc(Cl)cc1. The molecule has 0 atom stereocenters. The molecule has 0 bridgehead atoms. The number of carbonyl (C=O) groups is 2.